The monoisotopic (exact) mass is 219 g/mol. The van der Waals surface area contributed by atoms with Gasteiger partial charge in [-0.1, -0.05) is 18.2 Å². The van der Waals surface area contributed by atoms with Crippen molar-refractivity contribution >= 4 is 11.0 Å². The maximum absolute atomic E-state index is 9.03. The van der Waals surface area contributed by atoms with Gasteiger partial charge in [0.1, 0.15) is 5.65 Å². The molecule has 0 unspecified atom stereocenters. The van der Waals surface area contributed by atoms with Gasteiger partial charge in [-0.3, -0.25) is 0 Å². The number of pyridine rings is 1. The molecule has 0 fully saturated rings. The number of rotatable bonds is 1. The molecule has 2 aromatic heterocycles. The zero-order valence-corrected chi connectivity index (χ0v) is 9.04. The predicted molar refractivity (Wildman–Crippen MR) is 65.8 cm³/mol. The summed E-state index contributed by atoms with van der Waals surface area (Å²) in [6.45, 7) is 0. The van der Waals surface area contributed by atoms with Crippen LogP contribution in [-0.2, 0) is 0 Å². The molecule has 0 aliphatic carbocycles. The molecule has 0 bridgehead atoms. The fraction of sp³-hybridized carbons (Fsp3) is 0. The highest BCUT2D eigenvalue weighted by Gasteiger charge is 2.07. The first kappa shape index (κ1) is 9.61. The summed E-state index contributed by atoms with van der Waals surface area (Å²) in [6, 6.07) is 15.8. The van der Waals surface area contributed by atoms with Crippen LogP contribution in [0.5, 0.6) is 0 Å². The van der Waals surface area contributed by atoms with E-state index in [1.54, 1.807) is 12.3 Å². The van der Waals surface area contributed by atoms with E-state index < -0.39 is 0 Å². The Labute approximate surface area is 98.6 Å². The highest BCUT2D eigenvalue weighted by molar-refractivity contribution is 5.83. The van der Waals surface area contributed by atoms with E-state index >= 15 is 0 Å². The number of nitriles is 1. The molecule has 3 rings (SSSR count). The Balaban J connectivity index is 2.31. The lowest BCUT2D eigenvalue weighted by molar-refractivity contribution is 1.09. The summed E-state index contributed by atoms with van der Waals surface area (Å²) in [6.07, 6.45) is 3.61. The van der Waals surface area contributed by atoms with Crippen molar-refractivity contribution in [2.24, 2.45) is 0 Å². The predicted octanol–water partition coefficient (Wildman–Crippen LogP) is 2.90. The highest BCUT2D eigenvalue weighted by Crippen LogP contribution is 2.20. The number of benzene rings is 1. The molecule has 17 heavy (non-hydrogen) atoms. The Morgan fingerprint density at radius 3 is 2.65 bits per heavy atom. The van der Waals surface area contributed by atoms with Gasteiger partial charge in [0.05, 0.1) is 11.6 Å². The second-order valence-electron chi connectivity index (χ2n) is 3.73. The first-order chi connectivity index (χ1) is 8.40. The Morgan fingerprint density at radius 2 is 1.88 bits per heavy atom. The van der Waals surface area contributed by atoms with Crippen LogP contribution in [0.25, 0.3) is 16.7 Å². The molecule has 1 aromatic carbocycles. The summed E-state index contributed by atoms with van der Waals surface area (Å²) in [5.74, 6) is 0. The van der Waals surface area contributed by atoms with Gasteiger partial charge in [-0.2, -0.15) is 5.26 Å². The highest BCUT2D eigenvalue weighted by atomic mass is 15.0. The minimum atomic E-state index is 0.657. The Kier molecular flexibility index (Phi) is 2.13. The van der Waals surface area contributed by atoms with E-state index in [9.17, 15) is 0 Å². The van der Waals surface area contributed by atoms with Crippen molar-refractivity contribution < 1.29 is 0 Å². The summed E-state index contributed by atoms with van der Waals surface area (Å²) < 4.78 is 1.98. The van der Waals surface area contributed by atoms with Crippen LogP contribution in [0.15, 0.2) is 54.9 Å². The maximum Gasteiger partial charge on any atom is 0.145 e. The van der Waals surface area contributed by atoms with Crippen LogP contribution in [-0.4, -0.2) is 9.55 Å². The third kappa shape index (κ3) is 1.47. The normalized spacial score (nSPS) is 10.3. The fourth-order valence-corrected chi connectivity index (χ4v) is 1.93. The third-order valence-electron chi connectivity index (χ3n) is 2.74. The topological polar surface area (TPSA) is 41.6 Å². The number of fused-ring (bicyclic) bond motifs is 1. The van der Waals surface area contributed by atoms with E-state index in [0.29, 0.717) is 5.56 Å². The van der Waals surface area contributed by atoms with Gasteiger partial charge < -0.3 is 4.57 Å². The molecule has 80 valence electrons. The van der Waals surface area contributed by atoms with E-state index in [4.69, 9.17) is 5.26 Å². The molecular formula is C14H9N3. The fourth-order valence-electron chi connectivity index (χ4n) is 1.93. The van der Waals surface area contributed by atoms with Crippen molar-refractivity contribution in [1.82, 2.24) is 9.55 Å². The molecule has 0 saturated heterocycles. The van der Waals surface area contributed by atoms with Crippen molar-refractivity contribution in [2.75, 3.05) is 0 Å². The number of hydrogen-bond donors (Lipinski definition) is 0. The molecule has 3 aromatic rings. The van der Waals surface area contributed by atoms with Crippen LogP contribution in [0, 0.1) is 11.3 Å². The van der Waals surface area contributed by atoms with Crippen molar-refractivity contribution in [2.45, 2.75) is 0 Å². The van der Waals surface area contributed by atoms with E-state index in [2.05, 4.69) is 11.1 Å². The Hall–Kier alpha value is -2.60. The van der Waals surface area contributed by atoms with Crippen molar-refractivity contribution in [3.63, 3.8) is 0 Å². The zero-order chi connectivity index (χ0) is 11.7. The lowest BCUT2D eigenvalue weighted by atomic mass is 10.2. The summed E-state index contributed by atoms with van der Waals surface area (Å²) in [7, 11) is 0. The molecule has 0 spiro atoms. The molecule has 3 heteroatoms. The van der Waals surface area contributed by atoms with Crippen LogP contribution in [0.1, 0.15) is 5.56 Å². The molecule has 0 N–H and O–H groups in total. The quantitative estimate of drug-likeness (QED) is 0.631. The lowest BCUT2D eigenvalue weighted by Gasteiger charge is -2.03. The minimum absolute atomic E-state index is 0.657. The summed E-state index contributed by atoms with van der Waals surface area (Å²) in [5, 5.41) is 9.92. The number of hydrogen-bond acceptors (Lipinski definition) is 2. The molecule has 3 nitrogen and oxygen atoms in total. The van der Waals surface area contributed by atoms with Crippen LogP contribution < -0.4 is 0 Å². The van der Waals surface area contributed by atoms with Crippen LogP contribution in [0.3, 0.4) is 0 Å². The third-order valence-corrected chi connectivity index (χ3v) is 2.74. The average molecular weight is 219 g/mol. The van der Waals surface area contributed by atoms with E-state index in [0.717, 1.165) is 16.7 Å². The van der Waals surface area contributed by atoms with Crippen LogP contribution in [0.2, 0.25) is 0 Å². The maximum atomic E-state index is 9.03. The molecule has 0 aliphatic rings. The second kappa shape index (κ2) is 3.76. The van der Waals surface area contributed by atoms with Gasteiger partial charge >= 0.3 is 0 Å². The molecule has 0 amide bonds. The van der Waals surface area contributed by atoms with Gasteiger partial charge in [-0.05, 0) is 24.3 Å². The van der Waals surface area contributed by atoms with Crippen molar-refractivity contribution in [3.8, 4) is 11.8 Å². The van der Waals surface area contributed by atoms with E-state index in [1.807, 2.05) is 47.2 Å². The SMILES string of the molecule is N#Cc1ccnc2c1ccn2-c1ccccc1. The van der Waals surface area contributed by atoms with Crippen LogP contribution >= 0.6 is 0 Å². The number of para-hydroxylation sites is 1. The zero-order valence-electron chi connectivity index (χ0n) is 9.04. The lowest BCUT2D eigenvalue weighted by Crippen LogP contribution is -1.93. The first-order valence-corrected chi connectivity index (χ1v) is 5.32. The van der Waals surface area contributed by atoms with Gasteiger partial charge in [-0.25, -0.2) is 4.98 Å². The molecule has 0 radical (unpaired) electrons. The van der Waals surface area contributed by atoms with Gasteiger partial charge in [0.2, 0.25) is 0 Å². The summed E-state index contributed by atoms with van der Waals surface area (Å²) in [4.78, 5) is 4.34. The molecular weight excluding hydrogens is 210 g/mol. The van der Waals surface area contributed by atoms with Gasteiger partial charge in [-0.15, -0.1) is 0 Å². The number of nitrogens with zero attached hydrogens (tertiary/aromatic N) is 3. The smallest absolute Gasteiger partial charge is 0.145 e. The number of aromatic nitrogens is 2. The van der Waals surface area contributed by atoms with Gasteiger partial charge in [0.15, 0.2) is 0 Å². The Morgan fingerprint density at radius 1 is 1.06 bits per heavy atom. The molecule has 2 heterocycles. The largest absolute Gasteiger partial charge is 0.301 e. The molecule has 0 atom stereocenters. The molecule has 0 aliphatic heterocycles. The second-order valence-corrected chi connectivity index (χ2v) is 3.73. The Bertz CT molecular complexity index is 705. The minimum Gasteiger partial charge on any atom is -0.301 e. The van der Waals surface area contributed by atoms with Crippen LogP contribution in [0.4, 0.5) is 0 Å². The van der Waals surface area contributed by atoms with Crippen molar-refractivity contribution in [1.29, 1.82) is 5.26 Å². The van der Waals surface area contributed by atoms with E-state index in [-0.39, 0.29) is 0 Å². The standard InChI is InChI=1S/C14H9N3/c15-10-11-6-8-16-14-13(11)7-9-17(14)12-4-2-1-3-5-12/h1-9H. The summed E-state index contributed by atoms with van der Waals surface area (Å²) in [5.41, 5.74) is 2.52. The van der Waals surface area contributed by atoms with Gasteiger partial charge in [0, 0.05) is 23.5 Å². The molecule has 0 saturated carbocycles. The van der Waals surface area contributed by atoms with E-state index in [1.165, 1.54) is 0 Å². The van der Waals surface area contributed by atoms with Gasteiger partial charge in [0.25, 0.3) is 0 Å². The first-order valence-electron chi connectivity index (χ1n) is 5.32. The average Bonchev–Trinajstić information content (AvgIpc) is 2.83. The van der Waals surface area contributed by atoms with Crippen molar-refractivity contribution in [3.05, 3.63) is 60.4 Å². The summed E-state index contributed by atoms with van der Waals surface area (Å²) >= 11 is 0.